The molecule has 3 nitrogen and oxygen atoms in total. The minimum atomic E-state index is -2.99. The normalized spacial score (nSPS) is 27.9. The fourth-order valence-corrected chi connectivity index (χ4v) is 4.69. The van der Waals surface area contributed by atoms with Crippen molar-refractivity contribution in [3.8, 4) is 0 Å². The summed E-state index contributed by atoms with van der Waals surface area (Å²) in [5.74, 6) is 0.302. The van der Waals surface area contributed by atoms with Crippen molar-refractivity contribution in [1.29, 1.82) is 0 Å². The highest BCUT2D eigenvalue weighted by Gasteiger charge is 2.30. The van der Waals surface area contributed by atoms with E-state index < -0.39 is 9.84 Å². The van der Waals surface area contributed by atoms with E-state index in [9.17, 15) is 8.42 Å². The van der Waals surface area contributed by atoms with Gasteiger partial charge in [-0.15, -0.1) is 0 Å². The van der Waals surface area contributed by atoms with Gasteiger partial charge in [-0.25, -0.2) is 8.42 Å². The smallest absolute Gasteiger partial charge is 0.153 e. The minimum Gasteiger partial charge on any atom is -0.305 e. The van der Waals surface area contributed by atoms with Crippen molar-refractivity contribution < 1.29 is 8.42 Å². The molecule has 1 saturated heterocycles. The highest BCUT2D eigenvalue weighted by molar-refractivity contribution is 9.10. The third-order valence-corrected chi connectivity index (χ3v) is 5.42. The molecule has 0 bridgehead atoms. The molecule has 17 heavy (non-hydrogen) atoms. The second-order valence-electron chi connectivity index (χ2n) is 4.36. The van der Waals surface area contributed by atoms with Crippen molar-refractivity contribution in [1.82, 2.24) is 5.32 Å². The van der Waals surface area contributed by atoms with Crippen LogP contribution in [0, 0.1) is 0 Å². The lowest BCUT2D eigenvalue weighted by molar-refractivity contribution is 0.469. The maximum absolute atomic E-state index is 11.7. The van der Waals surface area contributed by atoms with Gasteiger partial charge < -0.3 is 5.32 Å². The van der Waals surface area contributed by atoms with E-state index in [2.05, 4.69) is 21.2 Å². The second kappa shape index (κ2) is 4.88. The van der Waals surface area contributed by atoms with E-state index in [0.29, 0.717) is 5.02 Å². The molecule has 0 aliphatic carbocycles. The highest BCUT2D eigenvalue weighted by Crippen LogP contribution is 2.29. The lowest BCUT2D eigenvalue weighted by atomic mass is 10.1. The molecule has 2 unspecified atom stereocenters. The van der Waals surface area contributed by atoms with Gasteiger partial charge >= 0.3 is 0 Å². The molecule has 0 radical (unpaired) electrons. The average Bonchev–Trinajstić information content (AvgIpc) is 2.13. The second-order valence-corrected chi connectivity index (χ2v) is 7.84. The third kappa shape index (κ3) is 3.22. The lowest BCUT2D eigenvalue weighted by Gasteiger charge is -2.29. The Morgan fingerprint density at radius 3 is 2.71 bits per heavy atom. The van der Waals surface area contributed by atoms with Crippen LogP contribution in [0.15, 0.2) is 22.7 Å². The van der Waals surface area contributed by atoms with Crippen molar-refractivity contribution in [3.63, 3.8) is 0 Å². The van der Waals surface area contributed by atoms with Crippen molar-refractivity contribution in [2.75, 3.05) is 11.5 Å². The number of hydrogen-bond donors (Lipinski definition) is 1. The maximum atomic E-state index is 11.7. The summed E-state index contributed by atoms with van der Waals surface area (Å²) >= 11 is 9.47. The van der Waals surface area contributed by atoms with E-state index >= 15 is 0 Å². The molecule has 1 aromatic rings. The van der Waals surface area contributed by atoms with E-state index in [1.54, 1.807) is 6.07 Å². The van der Waals surface area contributed by atoms with E-state index in [0.717, 1.165) is 10.0 Å². The highest BCUT2D eigenvalue weighted by atomic mass is 79.9. The first-order valence-electron chi connectivity index (χ1n) is 5.29. The fourth-order valence-electron chi connectivity index (χ4n) is 2.11. The van der Waals surface area contributed by atoms with Crippen LogP contribution in [-0.2, 0) is 9.84 Å². The van der Waals surface area contributed by atoms with Crippen LogP contribution in [0.1, 0.15) is 18.5 Å². The average molecular weight is 339 g/mol. The molecular formula is C11H13BrClNO2S. The SMILES string of the molecule is CC1CS(=O)(=O)CC(c2ccc(Br)cc2Cl)N1. The Morgan fingerprint density at radius 1 is 1.41 bits per heavy atom. The zero-order valence-electron chi connectivity index (χ0n) is 9.28. The van der Waals surface area contributed by atoms with Gasteiger partial charge in [0.2, 0.25) is 0 Å². The fraction of sp³-hybridized carbons (Fsp3) is 0.455. The Morgan fingerprint density at radius 2 is 2.12 bits per heavy atom. The molecule has 2 atom stereocenters. The molecular weight excluding hydrogens is 326 g/mol. The van der Waals surface area contributed by atoms with E-state index in [-0.39, 0.29) is 23.6 Å². The standard InChI is InChI=1S/C11H13BrClNO2S/c1-7-5-17(15,16)6-11(14-7)9-3-2-8(12)4-10(9)13/h2-4,7,11,14H,5-6H2,1H3. The zero-order valence-corrected chi connectivity index (χ0v) is 12.4. The number of halogens is 2. The van der Waals surface area contributed by atoms with Crippen molar-refractivity contribution in [2.24, 2.45) is 0 Å². The van der Waals surface area contributed by atoms with E-state index in [4.69, 9.17) is 11.6 Å². The summed E-state index contributed by atoms with van der Waals surface area (Å²) in [7, 11) is -2.99. The summed E-state index contributed by atoms with van der Waals surface area (Å²) in [5.41, 5.74) is 0.838. The Bertz CT molecular complexity index is 532. The van der Waals surface area contributed by atoms with Crippen LogP contribution >= 0.6 is 27.5 Å². The Balaban J connectivity index is 2.33. The summed E-state index contributed by atoms with van der Waals surface area (Å²) in [6.07, 6.45) is 0. The lowest BCUT2D eigenvalue weighted by Crippen LogP contribution is -2.45. The van der Waals surface area contributed by atoms with Gasteiger partial charge in [-0.2, -0.15) is 0 Å². The van der Waals surface area contributed by atoms with Crippen LogP contribution in [0.5, 0.6) is 0 Å². The van der Waals surface area contributed by atoms with E-state index in [1.165, 1.54) is 0 Å². The molecule has 1 fully saturated rings. The molecule has 1 heterocycles. The van der Waals surface area contributed by atoms with Crippen LogP contribution in [-0.4, -0.2) is 26.0 Å². The van der Waals surface area contributed by atoms with Gasteiger partial charge in [0.25, 0.3) is 0 Å². The number of hydrogen-bond acceptors (Lipinski definition) is 3. The Labute approximate surface area is 115 Å². The third-order valence-electron chi connectivity index (χ3n) is 2.75. The summed E-state index contributed by atoms with van der Waals surface area (Å²) < 4.78 is 24.3. The van der Waals surface area contributed by atoms with Crippen molar-refractivity contribution in [2.45, 2.75) is 19.0 Å². The largest absolute Gasteiger partial charge is 0.305 e. The monoisotopic (exact) mass is 337 g/mol. The summed E-state index contributed by atoms with van der Waals surface area (Å²) in [4.78, 5) is 0. The predicted octanol–water partition coefficient (Wildman–Crippen LogP) is 2.55. The van der Waals surface area contributed by atoms with Gasteiger partial charge in [-0.3, -0.25) is 0 Å². The molecule has 0 spiro atoms. The molecule has 1 aliphatic heterocycles. The molecule has 94 valence electrons. The van der Waals surface area contributed by atoms with Gasteiger partial charge in [-0.1, -0.05) is 33.6 Å². The molecule has 1 aromatic carbocycles. The van der Waals surface area contributed by atoms with Gasteiger partial charge in [0.1, 0.15) is 0 Å². The molecule has 0 aromatic heterocycles. The van der Waals surface area contributed by atoms with Gasteiger partial charge in [0.15, 0.2) is 9.84 Å². The van der Waals surface area contributed by atoms with E-state index in [1.807, 2.05) is 19.1 Å². The van der Waals surface area contributed by atoms with Crippen LogP contribution in [0.2, 0.25) is 5.02 Å². The maximum Gasteiger partial charge on any atom is 0.153 e. The van der Waals surface area contributed by atoms with Crippen LogP contribution in [0.3, 0.4) is 0 Å². The first-order chi connectivity index (χ1) is 7.87. The van der Waals surface area contributed by atoms with Crippen molar-refractivity contribution >= 4 is 37.4 Å². The first kappa shape index (κ1) is 13.3. The quantitative estimate of drug-likeness (QED) is 0.856. The van der Waals surface area contributed by atoms with Crippen molar-refractivity contribution in [3.05, 3.63) is 33.3 Å². The molecule has 2 rings (SSSR count). The number of rotatable bonds is 1. The summed E-state index contributed by atoms with van der Waals surface area (Å²) in [6.45, 7) is 1.87. The molecule has 0 saturated carbocycles. The predicted molar refractivity (Wildman–Crippen MR) is 73.1 cm³/mol. The molecule has 1 aliphatic rings. The zero-order chi connectivity index (χ0) is 12.6. The summed E-state index contributed by atoms with van der Waals surface area (Å²) in [5, 5.41) is 3.85. The molecule has 1 N–H and O–H groups in total. The van der Waals surface area contributed by atoms with Crippen LogP contribution < -0.4 is 5.32 Å². The van der Waals surface area contributed by atoms with Gasteiger partial charge in [0.05, 0.1) is 11.5 Å². The molecule has 0 amide bonds. The summed E-state index contributed by atoms with van der Waals surface area (Å²) in [6, 6.07) is 5.25. The van der Waals surface area contributed by atoms with Gasteiger partial charge in [0, 0.05) is 21.6 Å². The molecule has 6 heteroatoms. The number of nitrogens with one attached hydrogen (secondary N) is 1. The number of benzene rings is 1. The van der Waals surface area contributed by atoms with Gasteiger partial charge in [-0.05, 0) is 24.6 Å². The van der Waals surface area contributed by atoms with Crippen LogP contribution in [0.25, 0.3) is 0 Å². The number of sulfone groups is 1. The Hall–Kier alpha value is -0.100. The minimum absolute atomic E-state index is 0.0431. The first-order valence-corrected chi connectivity index (χ1v) is 8.28. The topological polar surface area (TPSA) is 46.2 Å². The van der Waals surface area contributed by atoms with Crippen LogP contribution in [0.4, 0.5) is 0 Å². The Kier molecular flexibility index (Phi) is 3.83.